The van der Waals surface area contributed by atoms with E-state index in [2.05, 4.69) is 0 Å². The Balaban J connectivity index is 2.38. The number of rotatable bonds is 4. The lowest BCUT2D eigenvalue weighted by Crippen LogP contribution is -2.07. The number of halogens is 4. The van der Waals surface area contributed by atoms with Crippen molar-refractivity contribution in [2.24, 2.45) is 0 Å². The Morgan fingerprint density at radius 2 is 1.83 bits per heavy atom. The molecule has 0 saturated carbocycles. The van der Waals surface area contributed by atoms with Crippen LogP contribution in [-0.4, -0.2) is 12.6 Å². The van der Waals surface area contributed by atoms with Crippen LogP contribution in [-0.2, 0) is 10.9 Å². The second-order valence-corrected chi connectivity index (χ2v) is 4.87. The normalized spacial score (nSPS) is 11.2. The van der Waals surface area contributed by atoms with Crippen LogP contribution in [0.4, 0.5) is 13.2 Å². The summed E-state index contributed by atoms with van der Waals surface area (Å²) in [4.78, 5) is 11.7. The average molecular weight is 345 g/mol. The summed E-state index contributed by atoms with van der Waals surface area (Å²) in [5, 5.41) is 0.0787. The van der Waals surface area contributed by atoms with Crippen molar-refractivity contribution in [2.75, 3.05) is 6.61 Å². The van der Waals surface area contributed by atoms with Crippen molar-refractivity contribution in [2.45, 2.75) is 13.1 Å². The molecule has 0 fully saturated rings. The van der Waals surface area contributed by atoms with Crippen LogP contribution < -0.4 is 4.74 Å². The maximum Gasteiger partial charge on any atom is 0.419 e. The van der Waals surface area contributed by atoms with Gasteiger partial charge in [0.2, 0.25) is 0 Å². The van der Waals surface area contributed by atoms with Gasteiger partial charge in [-0.25, -0.2) is 4.79 Å². The summed E-state index contributed by atoms with van der Waals surface area (Å²) in [7, 11) is 0. The predicted octanol–water partition coefficient (Wildman–Crippen LogP) is 5.33. The Labute approximate surface area is 135 Å². The first-order valence-electron chi connectivity index (χ1n) is 6.63. The lowest BCUT2D eigenvalue weighted by atomic mass is 10.2. The number of ether oxygens (including phenoxy) is 2. The van der Waals surface area contributed by atoms with E-state index in [1.54, 1.807) is 6.92 Å². The maximum atomic E-state index is 13.0. The van der Waals surface area contributed by atoms with Crippen molar-refractivity contribution in [3.63, 3.8) is 0 Å². The molecule has 0 saturated heterocycles. The van der Waals surface area contributed by atoms with Gasteiger partial charge in [-0.1, -0.05) is 23.7 Å². The van der Waals surface area contributed by atoms with E-state index in [4.69, 9.17) is 21.1 Å². The minimum Gasteiger partial charge on any atom is -0.462 e. The minimum atomic E-state index is -4.57. The zero-order chi connectivity index (χ0) is 17.0. The number of esters is 1. The highest BCUT2D eigenvalue weighted by Crippen LogP contribution is 2.39. The van der Waals surface area contributed by atoms with Gasteiger partial charge in [-0.05, 0) is 37.3 Å². The van der Waals surface area contributed by atoms with Gasteiger partial charge in [0.25, 0.3) is 0 Å². The average Bonchev–Trinajstić information content (AvgIpc) is 2.49. The molecule has 0 N–H and O–H groups in total. The molecular formula is C16H12ClF3O3. The molecule has 0 bridgehead atoms. The quantitative estimate of drug-likeness (QED) is 0.703. The SMILES string of the molecule is CCOC(=O)c1ccc(Cl)c(Oc2ccccc2C(F)(F)F)c1. The van der Waals surface area contributed by atoms with Gasteiger partial charge in [-0.15, -0.1) is 0 Å². The maximum absolute atomic E-state index is 13.0. The van der Waals surface area contributed by atoms with Crippen LogP contribution in [0.2, 0.25) is 5.02 Å². The van der Waals surface area contributed by atoms with Crippen LogP contribution in [0.1, 0.15) is 22.8 Å². The third-order valence-electron chi connectivity index (χ3n) is 2.85. The zero-order valence-corrected chi connectivity index (χ0v) is 12.7. The van der Waals surface area contributed by atoms with E-state index in [1.165, 1.54) is 36.4 Å². The topological polar surface area (TPSA) is 35.5 Å². The first-order chi connectivity index (χ1) is 10.8. The molecule has 0 radical (unpaired) electrons. The molecule has 0 amide bonds. The summed E-state index contributed by atoms with van der Waals surface area (Å²) < 4.78 is 49.0. The molecule has 2 rings (SSSR count). The zero-order valence-electron chi connectivity index (χ0n) is 12.0. The predicted molar refractivity (Wildman–Crippen MR) is 78.9 cm³/mol. The van der Waals surface area contributed by atoms with Gasteiger partial charge in [0.15, 0.2) is 0 Å². The van der Waals surface area contributed by atoms with Gasteiger partial charge in [0.05, 0.1) is 22.8 Å². The highest BCUT2D eigenvalue weighted by Gasteiger charge is 2.34. The van der Waals surface area contributed by atoms with Gasteiger partial charge in [0, 0.05) is 0 Å². The Morgan fingerprint density at radius 1 is 1.13 bits per heavy atom. The monoisotopic (exact) mass is 344 g/mol. The molecule has 3 nitrogen and oxygen atoms in total. The van der Waals surface area contributed by atoms with Gasteiger partial charge in [-0.2, -0.15) is 13.2 Å². The number of alkyl halides is 3. The molecule has 7 heteroatoms. The van der Waals surface area contributed by atoms with Crippen molar-refractivity contribution in [3.8, 4) is 11.5 Å². The van der Waals surface area contributed by atoms with E-state index in [0.717, 1.165) is 6.07 Å². The van der Waals surface area contributed by atoms with Crippen LogP contribution >= 0.6 is 11.6 Å². The van der Waals surface area contributed by atoms with E-state index >= 15 is 0 Å². The number of carbonyl (C=O) groups is 1. The fourth-order valence-electron chi connectivity index (χ4n) is 1.83. The van der Waals surface area contributed by atoms with E-state index < -0.39 is 23.5 Å². The van der Waals surface area contributed by atoms with Crippen molar-refractivity contribution in [1.82, 2.24) is 0 Å². The second-order valence-electron chi connectivity index (χ2n) is 4.46. The molecule has 2 aromatic carbocycles. The minimum absolute atomic E-state index is 0.0612. The number of benzene rings is 2. The molecule has 0 aliphatic carbocycles. The first kappa shape index (κ1) is 17.1. The molecule has 122 valence electrons. The van der Waals surface area contributed by atoms with Crippen LogP contribution in [0.15, 0.2) is 42.5 Å². The summed E-state index contributed by atoms with van der Waals surface area (Å²) >= 11 is 5.94. The molecule has 0 aromatic heterocycles. The number of carbonyl (C=O) groups excluding carboxylic acids is 1. The lowest BCUT2D eigenvalue weighted by Gasteiger charge is -2.14. The number of hydrogen-bond donors (Lipinski definition) is 0. The van der Waals surface area contributed by atoms with Gasteiger partial charge < -0.3 is 9.47 Å². The van der Waals surface area contributed by atoms with E-state index in [9.17, 15) is 18.0 Å². The molecule has 0 aliphatic rings. The standard InChI is InChI=1S/C16H12ClF3O3/c1-2-22-15(21)10-7-8-12(17)14(9-10)23-13-6-4-3-5-11(13)16(18,19)20/h3-9H,2H2,1H3. The highest BCUT2D eigenvalue weighted by atomic mass is 35.5. The van der Waals surface area contributed by atoms with Crippen molar-refractivity contribution in [1.29, 1.82) is 0 Å². The molecular weight excluding hydrogens is 333 g/mol. The fraction of sp³-hybridized carbons (Fsp3) is 0.188. The molecule has 0 aliphatic heterocycles. The van der Waals surface area contributed by atoms with Crippen LogP contribution in [0.3, 0.4) is 0 Å². The van der Waals surface area contributed by atoms with Crippen molar-refractivity contribution < 1.29 is 27.4 Å². The third-order valence-corrected chi connectivity index (χ3v) is 3.17. The summed E-state index contributed by atoms with van der Waals surface area (Å²) in [6.07, 6.45) is -4.57. The second kappa shape index (κ2) is 6.91. The highest BCUT2D eigenvalue weighted by molar-refractivity contribution is 6.32. The van der Waals surface area contributed by atoms with Crippen molar-refractivity contribution in [3.05, 3.63) is 58.6 Å². The third kappa shape index (κ3) is 4.16. The van der Waals surface area contributed by atoms with Gasteiger partial charge in [0.1, 0.15) is 11.5 Å². The number of hydrogen-bond acceptors (Lipinski definition) is 3. The summed E-state index contributed by atoms with van der Waals surface area (Å²) in [6.45, 7) is 1.82. The van der Waals surface area contributed by atoms with Crippen LogP contribution in [0, 0.1) is 0 Å². The van der Waals surface area contributed by atoms with E-state index in [-0.39, 0.29) is 22.9 Å². The first-order valence-corrected chi connectivity index (χ1v) is 7.01. The van der Waals surface area contributed by atoms with Gasteiger partial charge in [-0.3, -0.25) is 0 Å². The van der Waals surface area contributed by atoms with Crippen LogP contribution in [0.5, 0.6) is 11.5 Å². The summed E-state index contributed by atoms with van der Waals surface area (Å²) in [6, 6.07) is 8.75. The van der Waals surface area contributed by atoms with Gasteiger partial charge >= 0.3 is 12.1 Å². The fourth-order valence-corrected chi connectivity index (χ4v) is 1.99. The van der Waals surface area contributed by atoms with Crippen LogP contribution in [0.25, 0.3) is 0 Å². The summed E-state index contributed by atoms with van der Waals surface area (Å²) in [5.74, 6) is -1.07. The Bertz CT molecular complexity index is 714. The molecule has 0 spiro atoms. The molecule has 0 heterocycles. The Kier molecular flexibility index (Phi) is 5.15. The van der Waals surface area contributed by atoms with E-state index in [0.29, 0.717) is 0 Å². The molecule has 2 aromatic rings. The molecule has 0 atom stereocenters. The molecule has 0 unspecified atom stereocenters. The lowest BCUT2D eigenvalue weighted by molar-refractivity contribution is -0.138. The smallest absolute Gasteiger partial charge is 0.419 e. The largest absolute Gasteiger partial charge is 0.462 e. The Hall–Kier alpha value is -2.21. The molecule has 23 heavy (non-hydrogen) atoms. The number of para-hydroxylation sites is 1. The van der Waals surface area contributed by atoms with Crippen molar-refractivity contribution >= 4 is 17.6 Å². The van der Waals surface area contributed by atoms with E-state index in [1.807, 2.05) is 0 Å². The summed E-state index contributed by atoms with van der Waals surface area (Å²) in [5.41, 5.74) is -0.798. The Morgan fingerprint density at radius 3 is 2.48 bits per heavy atom.